The molecule has 2 rings (SSSR count). The number of nitrogens with one attached hydrogen (secondary N) is 1. The monoisotopic (exact) mass is 284 g/mol. The minimum Gasteiger partial charge on any atom is -0.434 e. The topological polar surface area (TPSA) is 41.6 Å². The van der Waals surface area contributed by atoms with Gasteiger partial charge in [-0.05, 0) is 19.4 Å². The molecule has 1 fully saturated rings. The average Bonchev–Trinajstić information content (AvgIpc) is 2.70. The molecule has 1 saturated heterocycles. The summed E-state index contributed by atoms with van der Waals surface area (Å²) in [5, 5.41) is 3.17. The highest BCUT2D eigenvalue weighted by Crippen LogP contribution is 2.27. The number of carbonyl (C=O) groups is 1. The quantitative estimate of drug-likeness (QED) is 0.901. The maximum Gasteiger partial charge on any atom is 0.387 e. The minimum absolute atomic E-state index is 0.0316. The van der Waals surface area contributed by atoms with Crippen LogP contribution in [0.3, 0.4) is 0 Å². The van der Waals surface area contributed by atoms with Crippen LogP contribution in [-0.2, 0) is 4.79 Å². The van der Waals surface area contributed by atoms with Gasteiger partial charge in [0.2, 0.25) is 5.91 Å². The third kappa shape index (κ3) is 3.25. The smallest absolute Gasteiger partial charge is 0.387 e. The van der Waals surface area contributed by atoms with E-state index in [1.807, 2.05) is 6.92 Å². The molecule has 1 aliphatic rings. The normalized spacial score (nSPS) is 20.6. The zero-order valence-corrected chi connectivity index (χ0v) is 11.5. The van der Waals surface area contributed by atoms with E-state index in [0.29, 0.717) is 12.1 Å². The van der Waals surface area contributed by atoms with Crippen LogP contribution in [0, 0.1) is 0 Å². The SMILES string of the molecule is CC(NC1CCN(C)C1=O)c1ccccc1OC(F)F. The molecule has 0 bridgehead atoms. The fraction of sp³-hybridized carbons (Fsp3) is 0.500. The minimum atomic E-state index is -2.86. The Balaban J connectivity index is 2.09. The molecule has 2 atom stereocenters. The van der Waals surface area contributed by atoms with Crippen LogP contribution in [0.4, 0.5) is 8.78 Å². The van der Waals surface area contributed by atoms with Crippen molar-refractivity contribution in [3.05, 3.63) is 29.8 Å². The predicted molar refractivity (Wildman–Crippen MR) is 70.7 cm³/mol. The molecule has 2 unspecified atom stereocenters. The molecule has 0 aromatic heterocycles. The van der Waals surface area contributed by atoms with Gasteiger partial charge in [-0.1, -0.05) is 18.2 Å². The molecule has 1 aromatic rings. The molecule has 1 aliphatic heterocycles. The Bertz CT molecular complexity index is 482. The lowest BCUT2D eigenvalue weighted by molar-refractivity contribution is -0.128. The molecule has 1 heterocycles. The summed E-state index contributed by atoms with van der Waals surface area (Å²) in [5.74, 6) is 0.172. The Morgan fingerprint density at radius 1 is 1.40 bits per heavy atom. The van der Waals surface area contributed by atoms with E-state index in [0.717, 1.165) is 6.42 Å². The van der Waals surface area contributed by atoms with Crippen molar-refractivity contribution in [1.29, 1.82) is 0 Å². The summed E-state index contributed by atoms with van der Waals surface area (Å²) >= 11 is 0. The van der Waals surface area contributed by atoms with Crippen LogP contribution in [0.25, 0.3) is 0 Å². The van der Waals surface area contributed by atoms with Gasteiger partial charge in [0.1, 0.15) is 5.75 Å². The second kappa shape index (κ2) is 6.17. The first-order chi connectivity index (χ1) is 9.49. The number of halogens is 2. The van der Waals surface area contributed by atoms with Gasteiger partial charge >= 0.3 is 6.61 Å². The number of carbonyl (C=O) groups excluding carboxylic acids is 1. The number of ether oxygens (including phenoxy) is 1. The van der Waals surface area contributed by atoms with Crippen LogP contribution in [-0.4, -0.2) is 37.1 Å². The number of alkyl halides is 2. The second-order valence-corrected chi connectivity index (χ2v) is 4.91. The summed E-state index contributed by atoms with van der Waals surface area (Å²) in [4.78, 5) is 13.5. The summed E-state index contributed by atoms with van der Waals surface area (Å²) in [5.41, 5.74) is 0.621. The lowest BCUT2D eigenvalue weighted by atomic mass is 10.1. The van der Waals surface area contributed by atoms with Crippen LogP contribution in [0.15, 0.2) is 24.3 Å². The Hall–Kier alpha value is -1.69. The summed E-state index contributed by atoms with van der Waals surface area (Å²) in [6.07, 6.45) is 0.720. The fourth-order valence-electron chi connectivity index (χ4n) is 2.41. The Labute approximate surface area is 116 Å². The highest BCUT2D eigenvalue weighted by molar-refractivity contribution is 5.83. The molecule has 1 N–H and O–H groups in total. The number of likely N-dealkylation sites (tertiary alicyclic amines) is 1. The zero-order chi connectivity index (χ0) is 14.7. The van der Waals surface area contributed by atoms with E-state index in [1.54, 1.807) is 30.1 Å². The number of hydrogen-bond acceptors (Lipinski definition) is 3. The molecular weight excluding hydrogens is 266 g/mol. The molecule has 0 aliphatic carbocycles. The van der Waals surface area contributed by atoms with Gasteiger partial charge in [-0.15, -0.1) is 0 Å². The lowest BCUT2D eigenvalue weighted by Gasteiger charge is -2.21. The van der Waals surface area contributed by atoms with Gasteiger partial charge in [0.25, 0.3) is 0 Å². The lowest BCUT2D eigenvalue weighted by Crippen LogP contribution is -2.38. The number of nitrogens with zero attached hydrogens (tertiary/aromatic N) is 1. The Morgan fingerprint density at radius 3 is 2.70 bits per heavy atom. The fourth-order valence-corrected chi connectivity index (χ4v) is 2.41. The highest BCUT2D eigenvalue weighted by Gasteiger charge is 2.30. The zero-order valence-electron chi connectivity index (χ0n) is 11.5. The van der Waals surface area contributed by atoms with Crippen LogP contribution in [0.1, 0.15) is 24.9 Å². The number of amides is 1. The van der Waals surface area contributed by atoms with E-state index >= 15 is 0 Å². The van der Waals surface area contributed by atoms with Crippen LogP contribution in [0.5, 0.6) is 5.75 Å². The van der Waals surface area contributed by atoms with E-state index in [1.165, 1.54) is 6.07 Å². The number of hydrogen-bond donors (Lipinski definition) is 1. The number of likely N-dealkylation sites (N-methyl/N-ethyl adjacent to an activating group) is 1. The maximum absolute atomic E-state index is 12.4. The second-order valence-electron chi connectivity index (χ2n) is 4.91. The summed E-state index contributed by atoms with van der Waals surface area (Å²) < 4.78 is 29.3. The maximum atomic E-state index is 12.4. The first kappa shape index (κ1) is 14.7. The molecule has 0 spiro atoms. The molecule has 4 nitrogen and oxygen atoms in total. The third-order valence-electron chi connectivity index (χ3n) is 3.48. The van der Waals surface area contributed by atoms with Crippen molar-refractivity contribution >= 4 is 5.91 Å². The van der Waals surface area contributed by atoms with E-state index in [4.69, 9.17) is 0 Å². The van der Waals surface area contributed by atoms with E-state index in [-0.39, 0.29) is 23.7 Å². The van der Waals surface area contributed by atoms with Crippen LogP contribution in [0.2, 0.25) is 0 Å². The first-order valence-corrected chi connectivity index (χ1v) is 6.54. The largest absolute Gasteiger partial charge is 0.434 e. The predicted octanol–water partition coefficient (Wildman–Crippen LogP) is 2.17. The van der Waals surface area contributed by atoms with Crippen LogP contribution >= 0.6 is 0 Å². The standard InChI is InChI=1S/C14H18F2N2O2/c1-9(17-11-7-8-18(2)13(11)19)10-5-3-4-6-12(10)20-14(15)16/h3-6,9,11,14,17H,7-8H2,1-2H3. The summed E-state index contributed by atoms with van der Waals surface area (Å²) in [6, 6.07) is 6.11. The Kier molecular flexibility index (Phi) is 4.54. The van der Waals surface area contributed by atoms with Crippen molar-refractivity contribution in [2.45, 2.75) is 32.0 Å². The van der Waals surface area contributed by atoms with Gasteiger partial charge in [0.05, 0.1) is 6.04 Å². The molecule has 20 heavy (non-hydrogen) atoms. The van der Waals surface area contributed by atoms with Crippen molar-refractivity contribution in [1.82, 2.24) is 10.2 Å². The van der Waals surface area contributed by atoms with Gasteiger partial charge in [0.15, 0.2) is 0 Å². The molecule has 110 valence electrons. The van der Waals surface area contributed by atoms with Crippen molar-refractivity contribution in [2.24, 2.45) is 0 Å². The molecule has 1 aromatic carbocycles. The van der Waals surface area contributed by atoms with Gasteiger partial charge in [-0.3, -0.25) is 10.1 Å². The number of benzene rings is 1. The molecule has 1 amide bonds. The van der Waals surface area contributed by atoms with Crippen molar-refractivity contribution in [3.63, 3.8) is 0 Å². The van der Waals surface area contributed by atoms with Crippen molar-refractivity contribution in [2.75, 3.05) is 13.6 Å². The van der Waals surface area contributed by atoms with Crippen molar-refractivity contribution in [3.8, 4) is 5.75 Å². The molecular formula is C14H18F2N2O2. The van der Waals surface area contributed by atoms with E-state index in [9.17, 15) is 13.6 Å². The Morgan fingerprint density at radius 2 is 2.10 bits per heavy atom. The average molecular weight is 284 g/mol. The van der Waals surface area contributed by atoms with Crippen LogP contribution < -0.4 is 10.1 Å². The molecule has 0 saturated carbocycles. The first-order valence-electron chi connectivity index (χ1n) is 6.54. The molecule has 0 radical (unpaired) electrons. The van der Waals surface area contributed by atoms with Crippen molar-refractivity contribution < 1.29 is 18.3 Å². The van der Waals surface area contributed by atoms with Gasteiger partial charge in [-0.25, -0.2) is 0 Å². The van der Waals surface area contributed by atoms with E-state index in [2.05, 4.69) is 10.1 Å². The molecule has 6 heteroatoms. The number of para-hydroxylation sites is 1. The summed E-state index contributed by atoms with van der Waals surface area (Å²) in [7, 11) is 1.75. The number of rotatable bonds is 5. The van der Waals surface area contributed by atoms with E-state index < -0.39 is 6.61 Å². The van der Waals surface area contributed by atoms with Gasteiger partial charge < -0.3 is 9.64 Å². The third-order valence-corrected chi connectivity index (χ3v) is 3.48. The van der Waals surface area contributed by atoms with Gasteiger partial charge in [-0.2, -0.15) is 8.78 Å². The summed E-state index contributed by atoms with van der Waals surface area (Å²) in [6.45, 7) is -0.319. The highest BCUT2D eigenvalue weighted by atomic mass is 19.3. The van der Waals surface area contributed by atoms with Gasteiger partial charge in [0, 0.05) is 25.2 Å².